The Morgan fingerprint density at radius 3 is 1.93 bits per heavy atom. The number of likely N-dealkylation sites (tertiary alicyclic amines) is 1. The Kier molecular flexibility index (Phi) is 10.2. The van der Waals surface area contributed by atoms with Crippen LogP contribution in [0.2, 0.25) is 0 Å². The van der Waals surface area contributed by atoms with Crippen molar-refractivity contribution in [1.29, 1.82) is 0 Å². The number of urea groups is 1. The standard InChI is InChI=1S/C34H37FN4O5S/c1-43-31-13-3-26(4-14-31)24-39(34(40)36-28-9-7-27(35)8-10-28)30-19-21-38(22-20-30)23-25-5-15-32(16-6-25)44-33-17-11-29(12-18-33)37-45(2,41)42/h3-18,30,37H,19-24H2,1-2H3,(H,36,40). The number of hydrogen-bond acceptors (Lipinski definition) is 6. The van der Waals surface area contributed by atoms with Crippen LogP contribution in [0.15, 0.2) is 97.1 Å². The first-order chi connectivity index (χ1) is 21.6. The van der Waals surface area contributed by atoms with Gasteiger partial charge in [0.05, 0.1) is 13.4 Å². The maximum atomic E-state index is 13.5. The van der Waals surface area contributed by atoms with Crippen LogP contribution in [0.3, 0.4) is 0 Å². The lowest BCUT2D eigenvalue weighted by Gasteiger charge is -2.38. The lowest BCUT2D eigenvalue weighted by atomic mass is 10.0. The van der Waals surface area contributed by atoms with Crippen molar-refractivity contribution in [2.24, 2.45) is 0 Å². The number of sulfonamides is 1. The average Bonchev–Trinajstić information content (AvgIpc) is 3.03. The first-order valence-corrected chi connectivity index (χ1v) is 16.6. The number of anilines is 2. The number of methoxy groups -OCH3 is 1. The number of hydrogen-bond donors (Lipinski definition) is 2. The minimum absolute atomic E-state index is 0.0404. The molecule has 1 aliphatic rings. The molecule has 1 heterocycles. The molecule has 0 spiro atoms. The Bertz CT molecular complexity index is 1660. The maximum absolute atomic E-state index is 13.5. The second-order valence-electron chi connectivity index (χ2n) is 11.1. The molecule has 1 saturated heterocycles. The third-order valence-corrected chi connectivity index (χ3v) is 8.20. The van der Waals surface area contributed by atoms with E-state index >= 15 is 0 Å². The predicted octanol–water partition coefficient (Wildman–Crippen LogP) is 6.70. The average molecular weight is 633 g/mol. The SMILES string of the molecule is COc1ccc(CN(C(=O)Nc2ccc(F)cc2)C2CCN(Cc3ccc(Oc4ccc(NS(C)(=O)=O)cc4)cc3)CC2)cc1. The Balaban J connectivity index is 1.17. The fraction of sp³-hybridized carbons (Fsp3) is 0.265. The van der Waals surface area contributed by atoms with E-state index in [1.54, 1.807) is 43.5 Å². The Morgan fingerprint density at radius 1 is 0.822 bits per heavy atom. The molecule has 1 aliphatic heterocycles. The molecule has 0 aromatic heterocycles. The highest BCUT2D eigenvalue weighted by Gasteiger charge is 2.28. The fourth-order valence-corrected chi connectivity index (χ4v) is 5.84. The molecule has 2 N–H and O–H groups in total. The molecular weight excluding hydrogens is 595 g/mol. The van der Waals surface area contributed by atoms with Gasteiger partial charge in [-0.2, -0.15) is 0 Å². The third-order valence-electron chi connectivity index (χ3n) is 7.59. The van der Waals surface area contributed by atoms with Gasteiger partial charge in [0.15, 0.2) is 0 Å². The van der Waals surface area contributed by atoms with Gasteiger partial charge in [-0.3, -0.25) is 9.62 Å². The molecule has 11 heteroatoms. The second kappa shape index (κ2) is 14.4. The van der Waals surface area contributed by atoms with E-state index in [0.717, 1.165) is 55.6 Å². The summed E-state index contributed by atoms with van der Waals surface area (Å²) < 4.78 is 49.9. The summed E-state index contributed by atoms with van der Waals surface area (Å²) in [5.41, 5.74) is 3.17. The fourth-order valence-electron chi connectivity index (χ4n) is 5.27. The molecule has 45 heavy (non-hydrogen) atoms. The number of nitrogens with one attached hydrogen (secondary N) is 2. The van der Waals surface area contributed by atoms with Crippen molar-refractivity contribution in [1.82, 2.24) is 9.80 Å². The van der Waals surface area contributed by atoms with Crippen LogP contribution in [0.1, 0.15) is 24.0 Å². The minimum Gasteiger partial charge on any atom is -0.497 e. The summed E-state index contributed by atoms with van der Waals surface area (Å²) in [7, 11) is -1.71. The van der Waals surface area contributed by atoms with E-state index in [0.29, 0.717) is 29.4 Å². The van der Waals surface area contributed by atoms with Crippen LogP contribution >= 0.6 is 0 Å². The second-order valence-corrected chi connectivity index (χ2v) is 12.8. The molecule has 236 valence electrons. The lowest BCUT2D eigenvalue weighted by molar-refractivity contribution is 0.120. The molecule has 1 fully saturated rings. The first-order valence-electron chi connectivity index (χ1n) is 14.7. The van der Waals surface area contributed by atoms with Crippen molar-refractivity contribution in [2.75, 3.05) is 36.5 Å². The van der Waals surface area contributed by atoms with Crippen LogP contribution in [0, 0.1) is 5.82 Å². The summed E-state index contributed by atoms with van der Waals surface area (Å²) in [6, 6.07) is 28.0. The van der Waals surface area contributed by atoms with Gasteiger partial charge in [-0.1, -0.05) is 24.3 Å². The van der Waals surface area contributed by atoms with Crippen molar-refractivity contribution in [2.45, 2.75) is 32.0 Å². The smallest absolute Gasteiger partial charge is 0.322 e. The molecule has 0 atom stereocenters. The Labute approximate surface area is 263 Å². The molecule has 0 bridgehead atoms. The molecule has 9 nitrogen and oxygen atoms in total. The number of benzene rings is 4. The summed E-state index contributed by atoms with van der Waals surface area (Å²) in [5.74, 6) is 1.69. The van der Waals surface area contributed by atoms with E-state index in [2.05, 4.69) is 14.9 Å². The Morgan fingerprint density at radius 2 is 1.36 bits per heavy atom. The van der Waals surface area contributed by atoms with Gasteiger partial charge in [-0.05, 0) is 96.8 Å². The number of amides is 2. The van der Waals surface area contributed by atoms with Crippen LogP contribution in [0.25, 0.3) is 0 Å². The molecule has 4 aromatic carbocycles. The van der Waals surface area contributed by atoms with E-state index in [4.69, 9.17) is 9.47 Å². The largest absolute Gasteiger partial charge is 0.497 e. The first kappa shape index (κ1) is 31.8. The molecular formula is C34H37FN4O5S. The normalized spacial score (nSPS) is 14.0. The van der Waals surface area contributed by atoms with Gasteiger partial charge in [0.2, 0.25) is 10.0 Å². The topological polar surface area (TPSA) is 100 Å². The molecule has 0 radical (unpaired) electrons. The van der Waals surface area contributed by atoms with Crippen LogP contribution in [-0.4, -0.2) is 56.7 Å². The van der Waals surface area contributed by atoms with E-state index < -0.39 is 10.0 Å². The zero-order chi connectivity index (χ0) is 31.8. The van der Waals surface area contributed by atoms with Gasteiger partial charge in [0.25, 0.3) is 0 Å². The van der Waals surface area contributed by atoms with Gasteiger partial charge in [0, 0.05) is 43.6 Å². The number of piperidine rings is 1. The summed E-state index contributed by atoms with van der Waals surface area (Å²) in [6.07, 6.45) is 2.74. The molecule has 0 unspecified atom stereocenters. The number of ether oxygens (including phenoxy) is 2. The van der Waals surface area contributed by atoms with Gasteiger partial charge in [-0.25, -0.2) is 17.6 Å². The zero-order valence-corrected chi connectivity index (χ0v) is 26.1. The zero-order valence-electron chi connectivity index (χ0n) is 25.3. The molecule has 2 amide bonds. The number of rotatable bonds is 11. The van der Waals surface area contributed by atoms with Gasteiger partial charge >= 0.3 is 6.03 Å². The summed E-state index contributed by atoms with van der Waals surface area (Å²) in [5, 5.41) is 2.94. The van der Waals surface area contributed by atoms with Crippen LogP contribution < -0.4 is 19.5 Å². The molecule has 5 rings (SSSR count). The van der Waals surface area contributed by atoms with Crippen molar-refractivity contribution in [3.63, 3.8) is 0 Å². The third kappa shape index (κ3) is 9.44. The highest BCUT2D eigenvalue weighted by atomic mass is 32.2. The summed E-state index contributed by atoms with van der Waals surface area (Å²) in [6.45, 7) is 2.89. The summed E-state index contributed by atoms with van der Waals surface area (Å²) in [4.78, 5) is 17.7. The van der Waals surface area contributed by atoms with Crippen LogP contribution in [0.4, 0.5) is 20.6 Å². The minimum atomic E-state index is -3.33. The van der Waals surface area contributed by atoms with Gasteiger partial charge < -0.3 is 19.7 Å². The molecule has 4 aromatic rings. The monoisotopic (exact) mass is 632 g/mol. The van der Waals surface area contributed by atoms with Crippen molar-refractivity contribution in [3.05, 3.63) is 114 Å². The van der Waals surface area contributed by atoms with E-state index in [1.807, 2.05) is 53.4 Å². The van der Waals surface area contributed by atoms with Crippen molar-refractivity contribution in [3.8, 4) is 17.2 Å². The number of halogens is 1. The van der Waals surface area contributed by atoms with Gasteiger partial charge in [-0.15, -0.1) is 0 Å². The maximum Gasteiger partial charge on any atom is 0.322 e. The quantitative estimate of drug-likeness (QED) is 0.191. The van der Waals surface area contributed by atoms with E-state index in [9.17, 15) is 17.6 Å². The highest BCUT2D eigenvalue weighted by Crippen LogP contribution is 2.26. The number of carbonyl (C=O) groups is 1. The van der Waals surface area contributed by atoms with Crippen LogP contribution in [0.5, 0.6) is 17.2 Å². The lowest BCUT2D eigenvalue weighted by Crippen LogP contribution is -2.48. The molecule has 0 saturated carbocycles. The summed E-state index contributed by atoms with van der Waals surface area (Å²) >= 11 is 0. The molecule has 0 aliphatic carbocycles. The van der Waals surface area contributed by atoms with E-state index in [1.165, 1.54) is 12.1 Å². The van der Waals surface area contributed by atoms with Crippen molar-refractivity contribution < 1.29 is 27.1 Å². The Hall–Kier alpha value is -4.61. The number of carbonyl (C=O) groups excluding carboxylic acids is 1. The predicted molar refractivity (Wildman–Crippen MR) is 174 cm³/mol. The van der Waals surface area contributed by atoms with Crippen molar-refractivity contribution >= 4 is 27.4 Å². The van der Waals surface area contributed by atoms with Gasteiger partial charge in [0.1, 0.15) is 23.1 Å². The highest BCUT2D eigenvalue weighted by molar-refractivity contribution is 7.92. The van der Waals surface area contributed by atoms with Crippen LogP contribution in [-0.2, 0) is 23.1 Å². The van der Waals surface area contributed by atoms with E-state index in [-0.39, 0.29) is 17.9 Å². The number of nitrogens with zero attached hydrogens (tertiary/aromatic N) is 2.